The second-order valence-electron chi connectivity index (χ2n) is 5.20. The van der Waals surface area contributed by atoms with Gasteiger partial charge in [-0.25, -0.2) is 4.98 Å². The van der Waals surface area contributed by atoms with E-state index in [0.717, 1.165) is 16.5 Å². The first-order valence-electron chi connectivity index (χ1n) is 6.60. The zero-order chi connectivity index (χ0) is 14.7. The van der Waals surface area contributed by atoms with E-state index >= 15 is 0 Å². The summed E-state index contributed by atoms with van der Waals surface area (Å²) < 4.78 is 5.78. The Morgan fingerprint density at radius 1 is 1.25 bits per heavy atom. The first-order chi connectivity index (χ1) is 9.49. The molecule has 0 aliphatic carbocycles. The van der Waals surface area contributed by atoms with E-state index in [1.807, 2.05) is 39.8 Å². The van der Waals surface area contributed by atoms with Crippen molar-refractivity contribution in [2.75, 3.05) is 0 Å². The van der Waals surface area contributed by atoms with Crippen LogP contribution in [0.2, 0.25) is 0 Å². The van der Waals surface area contributed by atoms with Gasteiger partial charge in [0.2, 0.25) is 0 Å². The SMILES string of the molecule is Cc1cc(C)cc(OCc2nc(C(C)C)c(C#N)s2)c1. The normalized spacial score (nSPS) is 10.6. The first-order valence-corrected chi connectivity index (χ1v) is 7.42. The van der Waals surface area contributed by atoms with E-state index in [4.69, 9.17) is 10.00 Å². The fourth-order valence-corrected chi connectivity index (χ4v) is 3.00. The Balaban J connectivity index is 2.13. The Morgan fingerprint density at radius 3 is 2.40 bits per heavy atom. The molecule has 0 saturated heterocycles. The van der Waals surface area contributed by atoms with E-state index in [9.17, 15) is 0 Å². The molecular weight excluding hydrogens is 268 g/mol. The van der Waals surface area contributed by atoms with E-state index in [2.05, 4.69) is 17.1 Å². The molecular formula is C16H18N2OS. The third-order valence-electron chi connectivity index (χ3n) is 2.90. The number of nitriles is 1. The summed E-state index contributed by atoms with van der Waals surface area (Å²) in [4.78, 5) is 5.21. The highest BCUT2D eigenvalue weighted by atomic mass is 32.1. The highest BCUT2D eigenvalue weighted by Crippen LogP contribution is 2.25. The molecule has 0 fully saturated rings. The van der Waals surface area contributed by atoms with Crippen molar-refractivity contribution >= 4 is 11.3 Å². The van der Waals surface area contributed by atoms with Gasteiger partial charge in [0.15, 0.2) is 0 Å². The largest absolute Gasteiger partial charge is 0.486 e. The molecule has 0 N–H and O–H groups in total. The predicted octanol–water partition coefficient (Wildman–Crippen LogP) is 4.33. The number of nitrogens with zero attached hydrogens (tertiary/aromatic N) is 2. The third kappa shape index (κ3) is 3.37. The molecule has 0 amide bonds. The van der Waals surface area contributed by atoms with Crippen LogP contribution in [-0.4, -0.2) is 4.98 Å². The average molecular weight is 286 g/mol. The molecule has 0 saturated carbocycles. The lowest BCUT2D eigenvalue weighted by Gasteiger charge is -2.06. The van der Waals surface area contributed by atoms with Crippen LogP contribution in [0.3, 0.4) is 0 Å². The molecule has 0 aliphatic rings. The number of aryl methyl sites for hydroxylation is 2. The van der Waals surface area contributed by atoms with Crippen molar-refractivity contribution in [3.05, 3.63) is 44.9 Å². The molecule has 0 unspecified atom stereocenters. The maximum Gasteiger partial charge on any atom is 0.140 e. The Kier molecular flexibility index (Phi) is 4.41. The Morgan fingerprint density at radius 2 is 1.90 bits per heavy atom. The van der Waals surface area contributed by atoms with Gasteiger partial charge in [-0.3, -0.25) is 0 Å². The molecule has 20 heavy (non-hydrogen) atoms. The Bertz CT molecular complexity index is 633. The van der Waals surface area contributed by atoms with Crippen LogP contribution in [0.15, 0.2) is 18.2 Å². The Hall–Kier alpha value is -1.86. The smallest absolute Gasteiger partial charge is 0.140 e. The van der Waals surface area contributed by atoms with Gasteiger partial charge in [0.05, 0.1) is 5.69 Å². The lowest BCUT2D eigenvalue weighted by Crippen LogP contribution is -1.97. The third-order valence-corrected chi connectivity index (χ3v) is 3.85. The number of rotatable bonds is 4. The first kappa shape index (κ1) is 14.5. The van der Waals surface area contributed by atoms with Crippen molar-refractivity contribution < 1.29 is 4.74 Å². The Labute approximate surface area is 123 Å². The summed E-state index contributed by atoms with van der Waals surface area (Å²) in [6.07, 6.45) is 0. The van der Waals surface area contributed by atoms with Crippen molar-refractivity contribution in [2.45, 2.75) is 40.2 Å². The van der Waals surface area contributed by atoms with Gasteiger partial charge < -0.3 is 4.74 Å². The van der Waals surface area contributed by atoms with E-state index in [1.54, 1.807) is 0 Å². The van der Waals surface area contributed by atoms with Crippen LogP contribution >= 0.6 is 11.3 Å². The minimum Gasteiger partial charge on any atom is -0.486 e. The number of hydrogen-bond donors (Lipinski definition) is 0. The number of benzene rings is 1. The quantitative estimate of drug-likeness (QED) is 0.840. The van der Waals surface area contributed by atoms with Crippen LogP contribution in [0.25, 0.3) is 0 Å². The number of ether oxygens (including phenoxy) is 1. The minimum atomic E-state index is 0.260. The van der Waals surface area contributed by atoms with Crippen LogP contribution in [-0.2, 0) is 6.61 Å². The fourth-order valence-electron chi connectivity index (χ4n) is 2.07. The van der Waals surface area contributed by atoms with Crippen LogP contribution in [0.5, 0.6) is 5.75 Å². The minimum absolute atomic E-state index is 0.260. The van der Waals surface area contributed by atoms with Crippen LogP contribution in [0.4, 0.5) is 0 Å². The molecule has 2 rings (SSSR count). The van der Waals surface area contributed by atoms with Crippen LogP contribution < -0.4 is 4.74 Å². The lowest BCUT2D eigenvalue weighted by atomic mass is 10.1. The zero-order valence-corrected chi connectivity index (χ0v) is 13.0. The van der Waals surface area contributed by atoms with Crippen LogP contribution in [0.1, 0.15) is 46.5 Å². The summed E-state index contributed by atoms with van der Waals surface area (Å²) in [5.74, 6) is 1.11. The number of thiazole rings is 1. The average Bonchev–Trinajstić information content (AvgIpc) is 2.78. The number of hydrogen-bond acceptors (Lipinski definition) is 4. The molecule has 2 aromatic rings. The van der Waals surface area contributed by atoms with Crippen molar-refractivity contribution in [1.82, 2.24) is 4.98 Å². The maximum atomic E-state index is 9.12. The summed E-state index contributed by atoms with van der Waals surface area (Å²) in [5.41, 5.74) is 3.23. The van der Waals surface area contributed by atoms with E-state index in [0.29, 0.717) is 11.5 Å². The van der Waals surface area contributed by atoms with Gasteiger partial charge in [0.25, 0.3) is 0 Å². The highest BCUT2D eigenvalue weighted by Gasteiger charge is 2.14. The summed E-state index contributed by atoms with van der Waals surface area (Å²) in [5, 5.41) is 9.97. The molecule has 0 aliphatic heterocycles. The van der Waals surface area contributed by atoms with Gasteiger partial charge in [-0.2, -0.15) is 5.26 Å². The van der Waals surface area contributed by atoms with E-state index in [1.165, 1.54) is 22.5 Å². The van der Waals surface area contributed by atoms with E-state index < -0.39 is 0 Å². The van der Waals surface area contributed by atoms with Crippen molar-refractivity contribution in [3.63, 3.8) is 0 Å². The second kappa shape index (κ2) is 6.06. The highest BCUT2D eigenvalue weighted by molar-refractivity contribution is 7.12. The monoisotopic (exact) mass is 286 g/mol. The molecule has 4 heteroatoms. The van der Waals surface area contributed by atoms with Crippen molar-refractivity contribution in [3.8, 4) is 11.8 Å². The molecule has 1 aromatic heterocycles. The van der Waals surface area contributed by atoms with Crippen molar-refractivity contribution in [1.29, 1.82) is 5.26 Å². The van der Waals surface area contributed by atoms with Crippen LogP contribution in [0, 0.1) is 25.2 Å². The fraction of sp³-hybridized carbons (Fsp3) is 0.375. The molecule has 1 aromatic carbocycles. The zero-order valence-electron chi connectivity index (χ0n) is 12.2. The molecule has 3 nitrogen and oxygen atoms in total. The van der Waals surface area contributed by atoms with Gasteiger partial charge in [-0.15, -0.1) is 11.3 Å². The van der Waals surface area contributed by atoms with Crippen molar-refractivity contribution in [2.24, 2.45) is 0 Å². The number of aromatic nitrogens is 1. The molecule has 0 spiro atoms. The van der Waals surface area contributed by atoms with Gasteiger partial charge in [0, 0.05) is 0 Å². The lowest BCUT2D eigenvalue weighted by molar-refractivity contribution is 0.305. The van der Waals surface area contributed by atoms with Gasteiger partial charge >= 0.3 is 0 Å². The van der Waals surface area contributed by atoms with Gasteiger partial charge in [-0.1, -0.05) is 19.9 Å². The second-order valence-corrected chi connectivity index (χ2v) is 6.28. The molecule has 0 radical (unpaired) electrons. The molecule has 0 atom stereocenters. The topological polar surface area (TPSA) is 45.9 Å². The predicted molar refractivity (Wildman–Crippen MR) is 81.2 cm³/mol. The maximum absolute atomic E-state index is 9.12. The van der Waals surface area contributed by atoms with E-state index in [-0.39, 0.29) is 5.92 Å². The summed E-state index contributed by atoms with van der Waals surface area (Å²) in [7, 11) is 0. The summed E-state index contributed by atoms with van der Waals surface area (Å²) in [6.45, 7) is 8.60. The summed E-state index contributed by atoms with van der Waals surface area (Å²) in [6, 6.07) is 8.34. The molecule has 1 heterocycles. The molecule has 0 bridgehead atoms. The summed E-state index contributed by atoms with van der Waals surface area (Å²) >= 11 is 1.42. The van der Waals surface area contributed by atoms with Gasteiger partial charge in [-0.05, 0) is 43.0 Å². The molecule has 104 valence electrons. The standard InChI is InChI=1S/C16H18N2OS/c1-10(2)16-14(8-17)20-15(18-16)9-19-13-6-11(3)5-12(4)7-13/h5-7,10H,9H2,1-4H3. The van der Waals surface area contributed by atoms with Gasteiger partial charge in [0.1, 0.15) is 28.3 Å².